The van der Waals surface area contributed by atoms with Gasteiger partial charge in [-0.3, -0.25) is 4.79 Å². The van der Waals surface area contributed by atoms with E-state index in [2.05, 4.69) is 32.3 Å². The normalized spacial score (nSPS) is 19.6. The van der Waals surface area contributed by atoms with Gasteiger partial charge in [0.1, 0.15) is 18.0 Å². The molecule has 0 radical (unpaired) electrons. The summed E-state index contributed by atoms with van der Waals surface area (Å²) in [4.78, 5) is 22.6. The molecule has 1 aromatic heterocycles. The highest BCUT2D eigenvalue weighted by Crippen LogP contribution is 2.31. The largest absolute Gasteiger partial charge is 0.376 e. The maximum atomic E-state index is 11.7. The van der Waals surface area contributed by atoms with Gasteiger partial charge in [0.25, 0.3) is 0 Å². The van der Waals surface area contributed by atoms with Crippen LogP contribution in [0.2, 0.25) is 0 Å². The summed E-state index contributed by atoms with van der Waals surface area (Å²) in [5.41, 5.74) is 2.13. The molecular weight excluding hydrogens is 316 g/mol. The summed E-state index contributed by atoms with van der Waals surface area (Å²) in [6.45, 7) is 3.27. The molecule has 6 heteroatoms. The Morgan fingerprint density at radius 2 is 2.12 bits per heavy atom. The number of aromatic nitrogens is 2. The molecule has 1 atom stereocenters. The summed E-state index contributed by atoms with van der Waals surface area (Å²) in [5.74, 6) is 2.04. The minimum Gasteiger partial charge on any atom is -0.376 e. The molecule has 0 bridgehead atoms. The average Bonchev–Trinajstić information content (AvgIpc) is 3.03. The molecule has 0 unspecified atom stereocenters. The van der Waals surface area contributed by atoms with E-state index in [0.29, 0.717) is 24.8 Å². The van der Waals surface area contributed by atoms with Gasteiger partial charge >= 0.3 is 0 Å². The Labute approximate surface area is 147 Å². The van der Waals surface area contributed by atoms with Crippen molar-refractivity contribution in [3.05, 3.63) is 47.8 Å². The molecule has 2 aliphatic rings. The second-order valence-electron chi connectivity index (χ2n) is 6.70. The van der Waals surface area contributed by atoms with E-state index in [1.165, 1.54) is 11.9 Å². The maximum Gasteiger partial charge on any atom is 0.230 e. The van der Waals surface area contributed by atoms with Gasteiger partial charge in [-0.2, -0.15) is 0 Å². The van der Waals surface area contributed by atoms with E-state index >= 15 is 0 Å². The molecular formula is C19H22N4O2. The first-order valence-electron chi connectivity index (χ1n) is 8.80. The standard InChI is InChI=1S/C19H22N4O2/c24-17-9-16-18(22-17)20-13-21-19(16)23-8-4-7-15(10-23)12-25-11-14-5-2-1-3-6-14/h1-3,5-6,13,15H,4,7-12H2,(H,20,21,22,24)/t15-/m0/s1. The zero-order valence-corrected chi connectivity index (χ0v) is 14.1. The number of carbonyl (C=O) groups is 1. The van der Waals surface area contributed by atoms with E-state index < -0.39 is 0 Å². The second kappa shape index (κ2) is 7.19. The Balaban J connectivity index is 1.37. The first-order valence-corrected chi connectivity index (χ1v) is 8.80. The van der Waals surface area contributed by atoms with Crippen LogP contribution in [0.5, 0.6) is 0 Å². The van der Waals surface area contributed by atoms with Crippen LogP contribution in [0.25, 0.3) is 0 Å². The minimum absolute atomic E-state index is 0.00324. The van der Waals surface area contributed by atoms with Gasteiger partial charge in [0.15, 0.2) is 0 Å². The van der Waals surface area contributed by atoms with Crippen molar-refractivity contribution < 1.29 is 9.53 Å². The van der Waals surface area contributed by atoms with Crippen molar-refractivity contribution >= 4 is 17.5 Å². The Bertz CT molecular complexity index is 750. The highest BCUT2D eigenvalue weighted by molar-refractivity contribution is 5.99. The van der Waals surface area contributed by atoms with Gasteiger partial charge in [0, 0.05) is 18.7 Å². The first-order chi connectivity index (χ1) is 12.3. The third-order valence-electron chi connectivity index (χ3n) is 4.80. The molecule has 0 aliphatic carbocycles. The monoisotopic (exact) mass is 338 g/mol. The van der Waals surface area contributed by atoms with Crippen LogP contribution in [0.3, 0.4) is 0 Å². The number of anilines is 2. The summed E-state index contributed by atoms with van der Waals surface area (Å²) >= 11 is 0. The summed E-state index contributed by atoms with van der Waals surface area (Å²) in [6.07, 6.45) is 4.18. The third-order valence-corrected chi connectivity index (χ3v) is 4.80. The van der Waals surface area contributed by atoms with Gasteiger partial charge in [0.05, 0.1) is 19.6 Å². The maximum absolute atomic E-state index is 11.7. The fourth-order valence-electron chi connectivity index (χ4n) is 3.59. The van der Waals surface area contributed by atoms with E-state index in [-0.39, 0.29) is 5.91 Å². The molecule has 4 rings (SSSR count). The molecule has 1 N–H and O–H groups in total. The van der Waals surface area contributed by atoms with Crippen LogP contribution in [-0.2, 0) is 22.6 Å². The molecule has 1 amide bonds. The predicted molar refractivity (Wildman–Crippen MR) is 95.4 cm³/mol. The first kappa shape index (κ1) is 16.0. The fraction of sp³-hybridized carbons (Fsp3) is 0.421. The van der Waals surface area contributed by atoms with Crippen molar-refractivity contribution in [3.8, 4) is 0 Å². The number of piperidine rings is 1. The lowest BCUT2D eigenvalue weighted by Gasteiger charge is -2.34. The smallest absolute Gasteiger partial charge is 0.230 e. The molecule has 0 saturated carbocycles. The van der Waals surface area contributed by atoms with E-state index in [0.717, 1.165) is 43.9 Å². The Morgan fingerprint density at radius 1 is 1.24 bits per heavy atom. The van der Waals surface area contributed by atoms with E-state index in [4.69, 9.17) is 4.74 Å². The van der Waals surface area contributed by atoms with E-state index in [1.807, 2.05) is 18.2 Å². The van der Waals surface area contributed by atoms with Gasteiger partial charge in [-0.05, 0) is 24.3 Å². The van der Waals surface area contributed by atoms with Gasteiger partial charge in [-0.25, -0.2) is 9.97 Å². The van der Waals surface area contributed by atoms with Gasteiger partial charge in [-0.1, -0.05) is 30.3 Å². The Morgan fingerprint density at radius 3 is 3.00 bits per heavy atom. The lowest BCUT2D eigenvalue weighted by Crippen LogP contribution is -2.38. The van der Waals surface area contributed by atoms with Crippen molar-refractivity contribution in [3.63, 3.8) is 0 Å². The highest BCUT2D eigenvalue weighted by Gasteiger charge is 2.28. The fourth-order valence-corrected chi connectivity index (χ4v) is 3.59. The van der Waals surface area contributed by atoms with Crippen molar-refractivity contribution in [2.75, 3.05) is 29.9 Å². The Hall–Kier alpha value is -2.47. The molecule has 130 valence electrons. The number of ether oxygens (including phenoxy) is 1. The quantitative estimate of drug-likeness (QED) is 0.907. The Kier molecular flexibility index (Phi) is 4.61. The molecule has 6 nitrogen and oxygen atoms in total. The third kappa shape index (κ3) is 3.64. The van der Waals surface area contributed by atoms with Gasteiger partial charge in [-0.15, -0.1) is 0 Å². The van der Waals surface area contributed by atoms with Crippen LogP contribution in [-0.4, -0.2) is 35.6 Å². The summed E-state index contributed by atoms with van der Waals surface area (Å²) in [7, 11) is 0. The molecule has 2 aliphatic heterocycles. The van der Waals surface area contributed by atoms with Crippen molar-refractivity contribution in [2.24, 2.45) is 5.92 Å². The topological polar surface area (TPSA) is 67.4 Å². The number of hydrogen-bond donors (Lipinski definition) is 1. The van der Waals surface area contributed by atoms with E-state index in [1.54, 1.807) is 0 Å². The number of nitrogens with zero attached hydrogens (tertiary/aromatic N) is 3. The van der Waals surface area contributed by atoms with Crippen LogP contribution in [0.15, 0.2) is 36.7 Å². The molecule has 2 aromatic rings. The van der Waals surface area contributed by atoms with Gasteiger partial charge in [0.2, 0.25) is 5.91 Å². The number of carbonyl (C=O) groups excluding carboxylic acids is 1. The number of amides is 1. The number of fused-ring (bicyclic) bond motifs is 1. The molecule has 1 saturated heterocycles. The number of hydrogen-bond acceptors (Lipinski definition) is 5. The van der Waals surface area contributed by atoms with Crippen LogP contribution < -0.4 is 10.2 Å². The van der Waals surface area contributed by atoms with Crippen molar-refractivity contribution in [2.45, 2.75) is 25.9 Å². The zero-order chi connectivity index (χ0) is 17.1. The molecule has 3 heterocycles. The van der Waals surface area contributed by atoms with Gasteiger partial charge < -0.3 is 15.0 Å². The molecule has 0 spiro atoms. The molecule has 25 heavy (non-hydrogen) atoms. The lowest BCUT2D eigenvalue weighted by molar-refractivity contribution is -0.115. The zero-order valence-electron chi connectivity index (χ0n) is 14.1. The second-order valence-corrected chi connectivity index (χ2v) is 6.70. The number of benzene rings is 1. The number of rotatable bonds is 5. The van der Waals surface area contributed by atoms with Crippen LogP contribution in [0, 0.1) is 5.92 Å². The van der Waals surface area contributed by atoms with E-state index in [9.17, 15) is 4.79 Å². The predicted octanol–water partition coefficient (Wildman–Crippen LogP) is 2.40. The van der Waals surface area contributed by atoms with Crippen LogP contribution in [0.4, 0.5) is 11.6 Å². The highest BCUT2D eigenvalue weighted by atomic mass is 16.5. The summed E-state index contributed by atoms with van der Waals surface area (Å²) < 4.78 is 5.93. The van der Waals surface area contributed by atoms with Crippen molar-refractivity contribution in [1.29, 1.82) is 0 Å². The summed E-state index contributed by atoms with van der Waals surface area (Å²) in [5, 5.41) is 2.80. The van der Waals surface area contributed by atoms with Crippen molar-refractivity contribution in [1.82, 2.24) is 9.97 Å². The average molecular weight is 338 g/mol. The summed E-state index contributed by atoms with van der Waals surface area (Å²) in [6, 6.07) is 10.3. The number of nitrogens with one attached hydrogen (secondary N) is 1. The molecule has 1 aromatic carbocycles. The molecule has 1 fully saturated rings. The lowest BCUT2D eigenvalue weighted by atomic mass is 9.98. The SMILES string of the molecule is O=C1Cc2c(ncnc2N2CCC[C@H](COCc3ccccc3)C2)N1. The van der Waals surface area contributed by atoms with Crippen LogP contribution in [0.1, 0.15) is 24.0 Å². The minimum atomic E-state index is -0.00324. The van der Waals surface area contributed by atoms with Crippen LogP contribution >= 0.6 is 0 Å².